The average molecular weight is 436 g/mol. The van der Waals surface area contributed by atoms with E-state index in [4.69, 9.17) is 21.7 Å². The molecular formula is C24H21NO3S2. The summed E-state index contributed by atoms with van der Waals surface area (Å²) in [6.07, 6.45) is 2.62. The molecule has 1 saturated heterocycles. The topological polar surface area (TPSA) is 38.8 Å². The lowest BCUT2D eigenvalue weighted by Gasteiger charge is -2.15. The lowest BCUT2D eigenvalue weighted by atomic mass is 10.0. The number of carbonyl (C=O) groups excluding carboxylic acids is 1. The number of hydrogen-bond donors (Lipinski definition) is 0. The van der Waals surface area contributed by atoms with E-state index in [1.807, 2.05) is 48.5 Å². The van der Waals surface area contributed by atoms with E-state index in [9.17, 15) is 4.79 Å². The van der Waals surface area contributed by atoms with Crippen LogP contribution in [0.4, 0.5) is 0 Å². The molecule has 30 heavy (non-hydrogen) atoms. The van der Waals surface area contributed by atoms with Crippen molar-refractivity contribution in [1.29, 1.82) is 0 Å². The van der Waals surface area contributed by atoms with Gasteiger partial charge in [-0.3, -0.25) is 9.69 Å². The molecule has 6 heteroatoms. The van der Waals surface area contributed by atoms with E-state index in [-0.39, 0.29) is 5.91 Å². The highest BCUT2D eigenvalue weighted by molar-refractivity contribution is 8.26. The van der Waals surface area contributed by atoms with E-state index < -0.39 is 0 Å². The Hall–Kier alpha value is -2.83. The maximum Gasteiger partial charge on any atom is 0.266 e. The fourth-order valence-electron chi connectivity index (χ4n) is 3.49. The standard InChI is InChI=1S/C24H21NO3S2/c1-27-20-11-10-16(14-21(20)28-2)12-13-25-23(26)22(30-24(25)29)15-18-8-5-7-17-6-3-4-9-19(17)18/h3-11,14-15H,12-13H2,1-2H3/b22-15+. The van der Waals surface area contributed by atoms with Gasteiger partial charge in [-0.25, -0.2) is 0 Å². The predicted octanol–water partition coefficient (Wildman–Crippen LogP) is 5.30. The van der Waals surface area contributed by atoms with Crippen LogP contribution in [-0.4, -0.2) is 35.9 Å². The molecule has 1 heterocycles. The van der Waals surface area contributed by atoms with Gasteiger partial charge in [-0.2, -0.15) is 0 Å². The van der Waals surface area contributed by atoms with Gasteiger partial charge in [0, 0.05) is 6.54 Å². The third-order valence-electron chi connectivity index (χ3n) is 5.06. The second-order valence-electron chi connectivity index (χ2n) is 6.84. The van der Waals surface area contributed by atoms with Crippen molar-refractivity contribution in [1.82, 2.24) is 4.90 Å². The van der Waals surface area contributed by atoms with Crippen molar-refractivity contribution in [3.05, 3.63) is 76.7 Å². The van der Waals surface area contributed by atoms with Crippen molar-refractivity contribution in [3.8, 4) is 11.5 Å². The minimum Gasteiger partial charge on any atom is -0.493 e. The zero-order chi connectivity index (χ0) is 21.1. The lowest BCUT2D eigenvalue weighted by Crippen LogP contribution is -2.30. The number of ether oxygens (including phenoxy) is 2. The second-order valence-corrected chi connectivity index (χ2v) is 8.52. The summed E-state index contributed by atoms with van der Waals surface area (Å²) in [4.78, 5) is 15.3. The van der Waals surface area contributed by atoms with E-state index in [1.54, 1.807) is 19.1 Å². The van der Waals surface area contributed by atoms with Gasteiger partial charge in [0.15, 0.2) is 11.5 Å². The highest BCUT2D eigenvalue weighted by Gasteiger charge is 2.31. The number of nitrogens with zero attached hydrogens (tertiary/aromatic N) is 1. The summed E-state index contributed by atoms with van der Waals surface area (Å²) < 4.78 is 11.2. The van der Waals surface area contributed by atoms with Gasteiger partial charge < -0.3 is 9.47 Å². The third-order valence-corrected chi connectivity index (χ3v) is 6.43. The molecule has 0 bridgehead atoms. The van der Waals surface area contributed by atoms with Gasteiger partial charge >= 0.3 is 0 Å². The van der Waals surface area contributed by atoms with Crippen LogP contribution in [0.1, 0.15) is 11.1 Å². The van der Waals surface area contributed by atoms with Crippen LogP contribution in [0.5, 0.6) is 11.5 Å². The number of fused-ring (bicyclic) bond motifs is 1. The molecule has 0 N–H and O–H groups in total. The molecule has 0 unspecified atom stereocenters. The van der Waals surface area contributed by atoms with Crippen LogP contribution in [-0.2, 0) is 11.2 Å². The zero-order valence-electron chi connectivity index (χ0n) is 16.8. The molecule has 0 radical (unpaired) electrons. The molecule has 4 nitrogen and oxygen atoms in total. The molecule has 4 rings (SSSR count). The molecule has 0 saturated carbocycles. The Morgan fingerprint density at radius 3 is 2.57 bits per heavy atom. The minimum absolute atomic E-state index is 0.0431. The van der Waals surface area contributed by atoms with Crippen molar-refractivity contribution in [3.63, 3.8) is 0 Å². The van der Waals surface area contributed by atoms with Crippen molar-refractivity contribution in [2.24, 2.45) is 0 Å². The smallest absolute Gasteiger partial charge is 0.266 e. The summed E-state index contributed by atoms with van der Waals surface area (Å²) in [5.41, 5.74) is 2.08. The molecule has 0 aliphatic carbocycles. The monoisotopic (exact) mass is 435 g/mol. The Balaban J connectivity index is 1.52. The van der Waals surface area contributed by atoms with Crippen molar-refractivity contribution < 1.29 is 14.3 Å². The number of methoxy groups -OCH3 is 2. The van der Waals surface area contributed by atoms with Crippen LogP contribution in [0.25, 0.3) is 16.8 Å². The minimum atomic E-state index is -0.0431. The van der Waals surface area contributed by atoms with E-state index >= 15 is 0 Å². The van der Waals surface area contributed by atoms with Crippen molar-refractivity contribution >= 4 is 51.1 Å². The number of amides is 1. The normalized spacial score (nSPS) is 15.3. The Labute approximate surface area is 185 Å². The molecule has 0 aromatic heterocycles. The first-order chi connectivity index (χ1) is 14.6. The Bertz CT molecular complexity index is 1150. The summed E-state index contributed by atoms with van der Waals surface area (Å²) in [6.45, 7) is 0.521. The molecule has 1 aliphatic rings. The molecule has 1 aliphatic heterocycles. The molecule has 0 atom stereocenters. The lowest BCUT2D eigenvalue weighted by molar-refractivity contribution is -0.122. The zero-order valence-corrected chi connectivity index (χ0v) is 18.4. The number of thiocarbonyl (C=S) groups is 1. The summed E-state index contributed by atoms with van der Waals surface area (Å²) in [5, 5.41) is 2.27. The summed E-state index contributed by atoms with van der Waals surface area (Å²) in [6, 6.07) is 20.0. The van der Waals surface area contributed by atoms with Gasteiger partial charge in [-0.15, -0.1) is 0 Å². The van der Waals surface area contributed by atoms with Crippen molar-refractivity contribution in [2.45, 2.75) is 6.42 Å². The van der Waals surface area contributed by atoms with Crippen LogP contribution in [0, 0.1) is 0 Å². The Kier molecular flexibility index (Phi) is 6.06. The fourth-order valence-corrected chi connectivity index (χ4v) is 4.79. The quantitative estimate of drug-likeness (QED) is 0.388. The fraction of sp³-hybridized carbons (Fsp3) is 0.167. The van der Waals surface area contributed by atoms with Gasteiger partial charge in [0.2, 0.25) is 0 Å². The van der Waals surface area contributed by atoms with Crippen LogP contribution >= 0.6 is 24.0 Å². The summed E-state index contributed by atoms with van der Waals surface area (Å²) in [5.74, 6) is 1.32. The molecule has 1 amide bonds. The van der Waals surface area contributed by atoms with Gasteiger partial charge in [0.25, 0.3) is 5.91 Å². The predicted molar refractivity (Wildman–Crippen MR) is 127 cm³/mol. The van der Waals surface area contributed by atoms with Crippen molar-refractivity contribution in [2.75, 3.05) is 20.8 Å². The number of hydrogen-bond acceptors (Lipinski definition) is 5. The number of benzene rings is 3. The van der Waals surface area contributed by atoms with E-state index in [0.29, 0.717) is 33.7 Å². The van der Waals surface area contributed by atoms with Gasteiger partial charge in [0.05, 0.1) is 19.1 Å². The van der Waals surface area contributed by atoms with Crippen LogP contribution in [0.15, 0.2) is 65.6 Å². The number of thioether (sulfide) groups is 1. The molecule has 0 spiro atoms. The maximum absolute atomic E-state index is 13.0. The first kappa shape index (κ1) is 20.4. The van der Waals surface area contributed by atoms with E-state index in [0.717, 1.165) is 21.9 Å². The third kappa shape index (κ3) is 4.06. The Morgan fingerprint density at radius 1 is 1.00 bits per heavy atom. The van der Waals surface area contributed by atoms with E-state index in [1.165, 1.54) is 11.8 Å². The largest absolute Gasteiger partial charge is 0.493 e. The summed E-state index contributed by atoms with van der Waals surface area (Å²) in [7, 11) is 3.22. The Morgan fingerprint density at radius 2 is 1.77 bits per heavy atom. The highest BCUT2D eigenvalue weighted by atomic mass is 32.2. The molecule has 152 valence electrons. The molecule has 1 fully saturated rings. The number of rotatable bonds is 6. The second kappa shape index (κ2) is 8.90. The van der Waals surface area contributed by atoms with Crippen LogP contribution in [0.3, 0.4) is 0 Å². The molecule has 3 aromatic carbocycles. The molecular weight excluding hydrogens is 414 g/mol. The van der Waals surface area contributed by atoms with Gasteiger partial charge in [-0.1, -0.05) is 72.5 Å². The first-order valence-electron chi connectivity index (χ1n) is 9.54. The van der Waals surface area contributed by atoms with E-state index in [2.05, 4.69) is 18.2 Å². The van der Waals surface area contributed by atoms with Crippen LogP contribution in [0.2, 0.25) is 0 Å². The van der Waals surface area contributed by atoms with Crippen LogP contribution < -0.4 is 9.47 Å². The highest BCUT2D eigenvalue weighted by Crippen LogP contribution is 2.34. The van der Waals surface area contributed by atoms with Gasteiger partial charge in [0.1, 0.15) is 4.32 Å². The van der Waals surface area contributed by atoms with Gasteiger partial charge in [-0.05, 0) is 46.5 Å². The molecule has 3 aromatic rings. The maximum atomic E-state index is 13.0. The number of carbonyl (C=O) groups is 1. The first-order valence-corrected chi connectivity index (χ1v) is 10.8. The summed E-state index contributed by atoms with van der Waals surface area (Å²) >= 11 is 6.85. The SMILES string of the molecule is COc1ccc(CCN2C(=O)/C(=C\c3cccc4ccccc34)SC2=S)cc1OC. The average Bonchev–Trinajstić information content (AvgIpc) is 3.04.